The minimum absolute atomic E-state index is 0.322. The highest BCUT2D eigenvalue weighted by molar-refractivity contribution is 7.93. The lowest BCUT2D eigenvalue weighted by Crippen LogP contribution is -2.32. The van der Waals surface area contributed by atoms with Gasteiger partial charge in [0, 0.05) is 5.38 Å². The fraction of sp³-hybridized carbons (Fsp3) is 0.455. The Labute approximate surface area is 93.3 Å². The molecule has 2 nitrogen and oxygen atoms in total. The highest BCUT2D eigenvalue weighted by atomic mass is 32.2. The Bertz CT molecular complexity index is 427. The van der Waals surface area contributed by atoms with E-state index in [0.717, 1.165) is 5.56 Å². The highest BCUT2D eigenvalue weighted by Gasteiger charge is 2.24. The van der Waals surface area contributed by atoms with Gasteiger partial charge in [0.1, 0.15) is 0 Å². The SMILES string of the molecule is Cc1ccc(S(=O)(=O)C[Si](C)(C)C)cc1. The first-order chi connectivity index (χ1) is 6.71. The summed E-state index contributed by atoms with van der Waals surface area (Å²) in [7, 11) is -4.65. The highest BCUT2D eigenvalue weighted by Crippen LogP contribution is 2.16. The Kier molecular flexibility index (Phi) is 3.40. The van der Waals surface area contributed by atoms with E-state index in [-0.39, 0.29) is 0 Å². The molecule has 0 bridgehead atoms. The van der Waals surface area contributed by atoms with Crippen LogP contribution in [0.15, 0.2) is 29.2 Å². The average Bonchev–Trinajstić information content (AvgIpc) is 2.00. The van der Waals surface area contributed by atoms with E-state index in [2.05, 4.69) is 19.6 Å². The van der Waals surface area contributed by atoms with Crippen LogP contribution in [0.4, 0.5) is 0 Å². The van der Waals surface area contributed by atoms with Gasteiger partial charge < -0.3 is 0 Å². The Morgan fingerprint density at radius 1 is 1.07 bits per heavy atom. The third-order valence-corrected chi connectivity index (χ3v) is 7.98. The first-order valence-corrected chi connectivity index (χ1v) is 10.4. The molecule has 1 aromatic carbocycles. The van der Waals surface area contributed by atoms with Crippen LogP contribution < -0.4 is 0 Å². The number of hydrogen-bond acceptors (Lipinski definition) is 2. The zero-order valence-electron chi connectivity index (χ0n) is 9.74. The van der Waals surface area contributed by atoms with Crippen LogP contribution in [-0.4, -0.2) is 21.9 Å². The molecule has 1 rings (SSSR count). The van der Waals surface area contributed by atoms with Gasteiger partial charge in [-0.2, -0.15) is 0 Å². The number of hydrogen-bond donors (Lipinski definition) is 0. The summed E-state index contributed by atoms with van der Waals surface area (Å²) < 4.78 is 24.0. The van der Waals surface area contributed by atoms with Gasteiger partial charge in [0.25, 0.3) is 0 Å². The maximum Gasteiger partial charge on any atom is 0.175 e. The zero-order valence-corrected chi connectivity index (χ0v) is 11.6. The maximum absolute atomic E-state index is 12.0. The molecule has 84 valence electrons. The van der Waals surface area contributed by atoms with Gasteiger partial charge >= 0.3 is 0 Å². The van der Waals surface area contributed by atoms with Gasteiger partial charge in [0.15, 0.2) is 9.84 Å². The lowest BCUT2D eigenvalue weighted by molar-refractivity contribution is 0.600. The second-order valence-electron chi connectivity index (χ2n) is 5.13. The molecule has 0 aliphatic heterocycles. The minimum atomic E-state index is -3.07. The Hall–Kier alpha value is -0.613. The van der Waals surface area contributed by atoms with E-state index in [4.69, 9.17) is 0 Å². The molecule has 0 fully saturated rings. The van der Waals surface area contributed by atoms with Crippen LogP contribution >= 0.6 is 0 Å². The van der Waals surface area contributed by atoms with E-state index in [9.17, 15) is 8.42 Å². The smallest absolute Gasteiger partial charge is 0.175 e. The van der Waals surface area contributed by atoms with Crippen LogP contribution in [0, 0.1) is 6.92 Å². The minimum Gasteiger partial charge on any atom is -0.224 e. The van der Waals surface area contributed by atoms with Crippen molar-refractivity contribution in [3.05, 3.63) is 29.8 Å². The molecule has 0 amide bonds. The standard InChI is InChI=1S/C11H18O2SSi/c1-10-5-7-11(8-6-10)14(12,13)9-15(2,3)4/h5-8H,9H2,1-4H3. The Morgan fingerprint density at radius 3 is 1.93 bits per heavy atom. The summed E-state index contributed by atoms with van der Waals surface area (Å²) in [6.07, 6.45) is 0. The summed E-state index contributed by atoms with van der Waals surface area (Å²) in [5.74, 6) is 0. The predicted octanol–water partition coefficient (Wildman–Crippen LogP) is 2.65. The molecule has 0 saturated heterocycles. The van der Waals surface area contributed by atoms with Gasteiger partial charge in [-0.25, -0.2) is 8.42 Å². The summed E-state index contributed by atoms with van der Waals surface area (Å²) in [6.45, 7) is 8.16. The quantitative estimate of drug-likeness (QED) is 0.764. The first kappa shape index (κ1) is 12.5. The largest absolute Gasteiger partial charge is 0.224 e. The molecule has 0 aliphatic rings. The second kappa shape index (κ2) is 4.10. The molecule has 0 N–H and O–H groups in total. The fourth-order valence-corrected chi connectivity index (χ4v) is 7.18. The average molecular weight is 242 g/mol. The summed E-state index contributed by atoms with van der Waals surface area (Å²) in [4.78, 5) is 0.454. The molecule has 0 atom stereocenters. The third-order valence-electron chi connectivity index (χ3n) is 2.00. The molecule has 4 heteroatoms. The van der Waals surface area contributed by atoms with E-state index in [1.54, 1.807) is 12.1 Å². The molecule has 0 heterocycles. The number of rotatable bonds is 3. The van der Waals surface area contributed by atoms with E-state index >= 15 is 0 Å². The van der Waals surface area contributed by atoms with E-state index in [0.29, 0.717) is 10.3 Å². The van der Waals surface area contributed by atoms with Gasteiger partial charge in [-0.1, -0.05) is 37.3 Å². The lowest BCUT2D eigenvalue weighted by Gasteiger charge is -2.15. The molecule has 0 unspecified atom stereocenters. The van der Waals surface area contributed by atoms with Crippen LogP contribution in [0.5, 0.6) is 0 Å². The molecule has 0 radical (unpaired) electrons. The molecular formula is C11H18O2SSi. The summed E-state index contributed by atoms with van der Waals surface area (Å²) in [6, 6.07) is 7.09. The van der Waals surface area contributed by atoms with Crippen molar-refractivity contribution in [2.45, 2.75) is 31.5 Å². The van der Waals surface area contributed by atoms with Crippen molar-refractivity contribution in [3.8, 4) is 0 Å². The summed E-state index contributed by atoms with van der Waals surface area (Å²) in [5.41, 5.74) is 1.09. The summed E-state index contributed by atoms with van der Waals surface area (Å²) >= 11 is 0. The van der Waals surface area contributed by atoms with Crippen molar-refractivity contribution in [2.75, 3.05) is 5.38 Å². The van der Waals surface area contributed by atoms with Crippen LogP contribution in [0.3, 0.4) is 0 Å². The van der Waals surface area contributed by atoms with Gasteiger partial charge in [-0.3, -0.25) is 0 Å². The number of sulfone groups is 1. The normalized spacial score (nSPS) is 12.8. The maximum atomic E-state index is 12.0. The van der Waals surface area contributed by atoms with Gasteiger partial charge in [0.2, 0.25) is 0 Å². The molecule has 0 saturated carbocycles. The van der Waals surface area contributed by atoms with E-state index < -0.39 is 17.9 Å². The van der Waals surface area contributed by atoms with Crippen LogP contribution in [0.1, 0.15) is 5.56 Å². The molecule has 0 aromatic heterocycles. The van der Waals surface area contributed by atoms with Crippen LogP contribution in [-0.2, 0) is 9.84 Å². The van der Waals surface area contributed by atoms with Gasteiger partial charge in [0.05, 0.1) is 13.0 Å². The molecule has 0 spiro atoms. The Balaban J connectivity index is 3.02. The molecule has 15 heavy (non-hydrogen) atoms. The first-order valence-electron chi connectivity index (χ1n) is 5.00. The summed E-state index contributed by atoms with van der Waals surface area (Å²) in [5, 5.41) is 0.322. The van der Waals surface area contributed by atoms with Crippen molar-refractivity contribution >= 4 is 17.9 Å². The number of benzene rings is 1. The van der Waals surface area contributed by atoms with E-state index in [1.165, 1.54) is 0 Å². The van der Waals surface area contributed by atoms with E-state index in [1.807, 2.05) is 19.1 Å². The van der Waals surface area contributed by atoms with Gasteiger partial charge in [-0.15, -0.1) is 0 Å². The molecule has 0 aliphatic carbocycles. The second-order valence-corrected chi connectivity index (χ2v) is 13.1. The number of aryl methyl sites for hydroxylation is 1. The van der Waals surface area contributed by atoms with Crippen molar-refractivity contribution in [2.24, 2.45) is 0 Å². The van der Waals surface area contributed by atoms with Crippen LogP contribution in [0.25, 0.3) is 0 Å². The van der Waals surface area contributed by atoms with Gasteiger partial charge in [-0.05, 0) is 19.1 Å². The van der Waals surface area contributed by atoms with Crippen molar-refractivity contribution < 1.29 is 8.42 Å². The van der Waals surface area contributed by atoms with Crippen molar-refractivity contribution in [1.29, 1.82) is 0 Å². The lowest BCUT2D eigenvalue weighted by atomic mass is 10.2. The molecule has 1 aromatic rings. The topological polar surface area (TPSA) is 34.1 Å². The predicted molar refractivity (Wildman–Crippen MR) is 66.6 cm³/mol. The monoisotopic (exact) mass is 242 g/mol. The fourth-order valence-electron chi connectivity index (χ4n) is 1.40. The third kappa shape index (κ3) is 3.79. The van der Waals surface area contributed by atoms with Crippen molar-refractivity contribution in [3.63, 3.8) is 0 Å². The zero-order chi connectivity index (χ0) is 11.7. The Morgan fingerprint density at radius 2 is 1.53 bits per heavy atom. The molecular weight excluding hydrogens is 224 g/mol. The van der Waals surface area contributed by atoms with Crippen LogP contribution in [0.2, 0.25) is 19.6 Å². The van der Waals surface area contributed by atoms with Crippen molar-refractivity contribution in [1.82, 2.24) is 0 Å².